The second kappa shape index (κ2) is 7.16. The second-order valence-electron chi connectivity index (χ2n) is 10.4. The van der Waals surface area contributed by atoms with E-state index in [0.29, 0.717) is 16.8 Å². The molecule has 1 saturated carbocycles. The maximum Gasteiger partial charge on any atom is 0.407 e. The third-order valence-electron chi connectivity index (χ3n) is 5.73. The fourth-order valence-electron chi connectivity index (χ4n) is 4.76. The van der Waals surface area contributed by atoms with E-state index in [2.05, 4.69) is 16.4 Å². The number of hydrogen-bond acceptors (Lipinski definition) is 5. The number of aryl methyl sites for hydroxylation is 1. The summed E-state index contributed by atoms with van der Waals surface area (Å²) in [4.78, 5) is 16.9. The molecule has 30 heavy (non-hydrogen) atoms. The van der Waals surface area contributed by atoms with Gasteiger partial charge in [-0.1, -0.05) is 27.7 Å². The first-order valence-electron chi connectivity index (χ1n) is 10.2. The van der Waals surface area contributed by atoms with Crippen LogP contribution in [0.2, 0.25) is 0 Å². The van der Waals surface area contributed by atoms with Crippen molar-refractivity contribution >= 4 is 17.0 Å². The van der Waals surface area contributed by atoms with Gasteiger partial charge in [0.05, 0.1) is 11.1 Å². The fourth-order valence-corrected chi connectivity index (χ4v) is 4.76. The molecule has 0 unspecified atom stereocenters. The molecule has 1 aliphatic carbocycles. The molecule has 1 aromatic heterocycles. The number of ether oxygens (including phenoxy) is 2. The van der Waals surface area contributed by atoms with Gasteiger partial charge in [0.1, 0.15) is 24.0 Å². The Morgan fingerprint density at radius 1 is 1.10 bits per heavy atom. The number of benzene rings is 1. The highest BCUT2D eigenvalue weighted by molar-refractivity contribution is 5.89. The molecule has 1 N–H and O–H groups in total. The zero-order valence-electron chi connectivity index (χ0n) is 19.1. The predicted molar refractivity (Wildman–Crippen MR) is 116 cm³/mol. The van der Waals surface area contributed by atoms with E-state index in [-0.39, 0.29) is 17.7 Å². The molecule has 160 valence electrons. The highest BCUT2D eigenvalue weighted by Gasteiger charge is 2.66. The van der Waals surface area contributed by atoms with Gasteiger partial charge in [0, 0.05) is 27.4 Å². The van der Waals surface area contributed by atoms with Gasteiger partial charge in [0.15, 0.2) is 0 Å². The van der Waals surface area contributed by atoms with Crippen LogP contribution < -0.4 is 10.1 Å². The molecule has 0 atom stereocenters. The first kappa shape index (κ1) is 21.9. The Labute approximate surface area is 178 Å². The maximum atomic E-state index is 12.4. The smallest absolute Gasteiger partial charge is 0.407 e. The van der Waals surface area contributed by atoms with Crippen molar-refractivity contribution in [3.05, 3.63) is 35.5 Å². The van der Waals surface area contributed by atoms with E-state index in [9.17, 15) is 10.1 Å². The Hall–Kier alpha value is -2.81. The number of hydrogen-bond donors (Lipinski definition) is 1. The number of rotatable bonds is 3. The quantitative estimate of drug-likeness (QED) is 0.760. The van der Waals surface area contributed by atoms with E-state index in [1.807, 2.05) is 73.6 Å². The van der Waals surface area contributed by atoms with Crippen molar-refractivity contribution in [3.8, 4) is 11.8 Å². The number of alkyl carbamates (subject to hydrolysis) is 1. The maximum absolute atomic E-state index is 12.4. The van der Waals surface area contributed by atoms with Crippen molar-refractivity contribution < 1.29 is 14.3 Å². The van der Waals surface area contributed by atoms with Crippen molar-refractivity contribution in [2.24, 2.45) is 10.8 Å². The average Bonchev–Trinajstić information content (AvgIpc) is 2.61. The lowest BCUT2D eigenvalue weighted by Crippen LogP contribution is -2.71. The molecule has 6 heteroatoms. The first-order valence-corrected chi connectivity index (χ1v) is 10.2. The van der Waals surface area contributed by atoms with E-state index in [4.69, 9.17) is 9.47 Å². The van der Waals surface area contributed by atoms with Gasteiger partial charge < -0.3 is 14.8 Å². The van der Waals surface area contributed by atoms with Crippen LogP contribution in [-0.4, -0.2) is 28.8 Å². The summed E-state index contributed by atoms with van der Waals surface area (Å²) in [5.74, 6) is 0.681. The minimum absolute atomic E-state index is 0.185. The number of amides is 1. The topological polar surface area (TPSA) is 84.2 Å². The highest BCUT2D eigenvalue weighted by atomic mass is 16.6. The largest absolute Gasteiger partial charge is 0.488 e. The summed E-state index contributed by atoms with van der Waals surface area (Å²) in [5, 5.41) is 13.1. The van der Waals surface area contributed by atoms with Crippen molar-refractivity contribution in [2.75, 3.05) is 0 Å². The predicted octanol–water partition coefficient (Wildman–Crippen LogP) is 5.12. The SMILES string of the molecule is Cc1ccc2c(OC3C(C)(C)C(OC(=O)NC(C)(C)C)C3(C)C)ccc(C#N)c2n1. The molecule has 0 saturated heterocycles. The molecule has 1 aliphatic rings. The molecular weight excluding hydrogens is 378 g/mol. The lowest BCUT2D eigenvalue weighted by Gasteiger charge is -2.61. The molecule has 1 heterocycles. The van der Waals surface area contributed by atoms with Crippen molar-refractivity contribution in [2.45, 2.75) is 73.1 Å². The Morgan fingerprint density at radius 3 is 2.30 bits per heavy atom. The number of pyridine rings is 1. The Bertz CT molecular complexity index is 1010. The molecular formula is C24H31N3O3. The van der Waals surface area contributed by atoms with E-state index >= 15 is 0 Å². The van der Waals surface area contributed by atoms with E-state index < -0.39 is 16.9 Å². The summed E-state index contributed by atoms with van der Waals surface area (Å²) in [6, 6.07) is 9.63. The zero-order valence-corrected chi connectivity index (χ0v) is 19.1. The molecule has 6 nitrogen and oxygen atoms in total. The van der Waals surface area contributed by atoms with Crippen molar-refractivity contribution in [1.82, 2.24) is 10.3 Å². The third-order valence-corrected chi connectivity index (χ3v) is 5.73. The van der Waals surface area contributed by atoms with Crippen LogP contribution in [0.25, 0.3) is 10.9 Å². The minimum Gasteiger partial charge on any atom is -0.488 e. The van der Waals surface area contributed by atoms with Crippen LogP contribution in [0, 0.1) is 29.1 Å². The summed E-state index contributed by atoms with van der Waals surface area (Å²) >= 11 is 0. The average molecular weight is 410 g/mol. The van der Waals surface area contributed by atoms with Gasteiger partial charge in [-0.2, -0.15) is 5.26 Å². The normalized spacial score (nSPS) is 22.0. The summed E-state index contributed by atoms with van der Waals surface area (Å²) < 4.78 is 12.3. The van der Waals surface area contributed by atoms with Gasteiger partial charge >= 0.3 is 6.09 Å². The van der Waals surface area contributed by atoms with Crippen LogP contribution in [0.1, 0.15) is 59.7 Å². The highest BCUT2D eigenvalue weighted by Crippen LogP contribution is 2.57. The minimum atomic E-state index is -0.421. The molecule has 0 spiro atoms. The molecule has 1 amide bonds. The van der Waals surface area contributed by atoms with Crippen molar-refractivity contribution in [1.29, 1.82) is 5.26 Å². The van der Waals surface area contributed by atoms with Crippen molar-refractivity contribution in [3.63, 3.8) is 0 Å². The molecule has 0 aliphatic heterocycles. The second-order valence-corrected chi connectivity index (χ2v) is 10.4. The lowest BCUT2D eigenvalue weighted by molar-refractivity contribution is -0.235. The van der Waals surface area contributed by atoms with Crippen LogP contribution in [0.15, 0.2) is 24.3 Å². The number of nitrogens with zero attached hydrogens (tertiary/aromatic N) is 2. The number of carbonyl (C=O) groups is 1. The Morgan fingerprint density at radius 2 is 1.73 bits per heavy atom. The Balaban J connectivity index is 1.88. The number of nitrogens with one attached hydrogen (secondary N) is 1. The molecule has 1 aromatic carbocycles. The zero-order chi connectivity index (χ0) is 22.5. The number of carbonyl (C=O) groups excluding carboxylic acids is 1. The van der Waals surface area contributed by atoms with Gasteiger partial charge in [-0.15, -0.1) is 0 Å². The molecule has 2 aromatic rings. The van der Waals surface area contributed by atoms with Gasteiger partial charge in [-0.3, -0.25) is 4.98 Å². The number of fused-ring (bicyclic) bond motifs is 1. The van der Waals surface area contributed by atoms with Crippen LogP contribution in [0.3, 0.4) is 0 Å². The van der Waals surface area contributed by atoms with Gasteiger partial charge in [0.25, 0.3) is 0 Å². The summed E-state index contributed by atoms with van der Waals surface area (Å²) in [6.45, 7) is 15.8. The number of aromatic nitrogens is 1. The molecule has 0 bridgehead atoms. The number of nitriles is 1. The third kappa shape index (κ3) is 3.81. The standard InChI is InChI=1S/C24H31N3O3/c1-14-9-11-16-17(12-10-15(13-25)18(16)26-14)29-19-23(5,6)20(24(19,7)8)30-21(28)27-22(2,3)4/h9-12,19-20H,1-8H3,(H,27,28). The van der Waals surface area contributed by atoms with Gasteiger partial charge in [-0.05, 0) is 52.0 Å². The summed E-state index contributed by atoms with van der Waals surface area (Å²) in [6.07, 6.45) is -0.909. The Kier molecular flexibility index (Phi) is 5.22. The van der Waals surface area contributed by atoms with Crippen LogP contribution in [-0.2, 0) is 4.74 Å². The molecule has 0 radical (unpaired) electrons. The van der Waals surface area contributed by atoms with E-state index in [0.717, 1.165) is 11.1 Å². The van der Waals surface area contributed by atoms with Gasteiger partial charge in [-0.25, -0.2) is 4.79 Å². The summed E-state index contributed by atoms with van der Waals surface area (Å²) in [5.41, 5.74) is 0.861. The van der Waals surface area contributed by atoms with E-state index in [1.54, 1.807) is 6.07 Å². The summed E-state index contributed by atoms with van der Waals surface area (Å²) in [7, 11) is 0. The molecule has 3 rings (SSSR count). The van der Waals surface area contributed by atoms with Crippen LogP contribution in [0.5, 0.6) is 5.75 Å². The van der Waals surface area contributed by atoms with E-state index in [1.165, 1.54) is 0 Å². The van der Waals surface area contributed by atoms with Gasteiger partial charge in [0.2, 0.25) is 0 Å². The monoisotopic (exact) mass is 409 g/mol. The van der Waals surface area contributed by atoms with Crippen LogP contribution >= 0.6 is 0 Å². The lowest BCUT2D eigenvalue weighted by atomic mass is 9.51. The van der Waals surface area contributed by atoms with Crippen LogP contribution in [0.4, 0.5) is 4.79 Å². The fraction of sp³-hybridized carbons (Fsp3) is 0.542. The first-order chi connectivity index (χ1) is 13.8. The molecule has 1 fully saturated rings.